The van der Waals surface area contributed by atoms with Crippen LogP contribution in [-0.4, -0.2) is 8.97 Å². The maximum absolute atomic E-state index is 6.27. The smallest absolute Gasteiger partial charge is 0.136 e. The van der Waals surface area contributed by atoms with E-state index >= 15 is 0 Å². The van der Waals surface area contributed by atoms with E-state index in [1.807, 2.05) is 12.1 Å². The van der Waals surface area contributed by atoms with Gasteiger partial charge in [0.2, 0.25) is 0 Å². The summed E-state index contributed by atoms with van der Waals surface area (Å²) in [7, 11) is 0. The minimum absolute atomic E-state index is 0.899. The summed E-state index contributed by atoms with van der Waals surface area (Å²) >= 11 is 0. The monoisotopic (exact) mass is 815 g/mol. The van der Waals surface area contributed by atoms with Gasteiger partial charge in [-0.2, -0.15) is 0 Å². The number of anilines is 3. The number of rotatable bonds is 6. The van der Waals surface area contributed by atoms with E-state index in [1.54, 1.807) is 0 Å². The molecule has 0 aliphatic heterocycles. The van der Waals surface area contributed by atoms with Crippen molar-refractivity contribution in [3.8, 4) is 27.9 Å². The third-order valence-corrected chi connectivity index (χ3v) is 13.5. The first kappa shape index (κ1) is 35.0. The summed E-state index contributed by atoms with van der Waals surface area (Å²) in [4.78, 5) is 2.35. The molecule has 0 radical (unpaired) electrons. The molecule has 0 spiro atoms. The lowest BCUT2D eigenvalue weighted by Crippen LogP contribution is -2.10. The highest BCUT2D eigenvalue weighted by Crippen LogP contribution is 2.42. The molecule has 4 heteroatoms. The number of aromatic nitrogens is 2. The molecule has 0 aliphatic carbocycles. The molecule has 10 aromatic carbocycles. The van der Waals surface area contributed by atoms with Crippen LogP contribution in [0, 0.1) is 0 Å². The summed E-state index contributed by atoms with van der Waals surface area (Å²) in [5.74, 6) is 0. The fraction of sp³-hybridized carbons (Fsp3) is 0. The second-order valence-corrected chi connectivity index (χ2v) is 16.9. The molecule has 298 valence electrons. The highest BCUT2D eigenvalue weighted by Gasteiger charge is 2.19. The van der Waals surface area contributed by atoms with Gasteiger partial charge in [0.05, 0.1) is 27.6 Å². The molecule has 0 saturated carbocycles. The topological polar surface area (TPSA) is 25.7 Å². The van der Waals surface area contributed by atoms with Gasteiger partial charge in [-0.05, 0) is 113 Å². The summed E-state index contributed by atoms with van der Waals surface area (Å²) < 4.78 is 11.1. The Bertz CT molecular complexity index is 4060. The maximum atomic E-state index is 6.27. The minimum atomic E-state index is 0.899. The first-order valence-corrected chi connectivity index (χ1v) is 21.9. The van der Waals surface area contributed by atoms with E-state index in [0.717, 1.165) is 55.8 Å². The zero-order valence-corrected chi connectivity index (χ0v) is 34.6. The molecule has 4 nitrogen and oxygen atoms in total. The average Bonchev–Trinajstić information content (AvgIpc) is 4.10. The quantitative estimate of drug-likeness (QED) is 0.167. The van der Waals surface area contributed by atoms with Crippen LogP contribution in [0.2, 0.25) is 0 Å². The van der Waals surface area contributed by atoms with Crippen molar-refractivity contribution in [2.24, 2.45) is 0 Å². The van der Waals surface area contributed by atoms with Crippen molar-refractivity contribution < 1.29 is 4.42 Å². The largest absolute Gasteiger partial charge is 0.456 e. The van der Waals surface area contributed by atoms with E-state index in [4.69, 9.17) is 4.42 Å². The predicted molar refractivity (Wildman–Crippen MR) is 268 cm³/mol. The Labute approximate surface area is 368 Å². The summed E-state index contributed by atoms with van der Waals surface area (Å²) in [6, 6.07) is 81.5. The van der Waals surface area contributed by atoms with E-state index in [-0.39, 0.29) is 0 Å². The molecule has 0 amide bonds. The summed E-state index contributed by atoms with van der Waals surface area (Å²) in [5, 5.41) is 9.97. The van der Waals surface area contributed by atoms with Crippen LogP contribution in [0.15, 0.2) is 229 Å². The number of furan rings is 1. The van der Waals surface area contributed by atoms with Gasteiger partial charge in [-0.15, -0.1) is 0 Å². The van der Waals surface area contributed by atoms with Gasteiger partial charge in [0.15, 0.2) is 0 Å². The van der Waals surface area contributed by atoms with Crippen molar-refractivity contribution in [1.82, 2.24) is 8.97 Å². The molecule has 0 saturated heterocycles. The van der Waals surface area contributed by atoms with Gasteiger partial charge >= 0.3 is 0 Å². The molecule has 14 rings (SSSR count). The van der Waals surface area contributed by atoms with Gasteiger partial charge < -0.3 is 18.3 Å². The van der Waals surface area contributed by atoms with Gasteiger partial charge in [-0.25, -0.2) is 0 Å². The molecule has 0 bridgehead atoms. The number of para-hydroxylation sites is 5. The highest BCUT2D eigenvalue weighted by atomic mass is 16.3. The van der Waals surface area contributed by atoms with E-state index in [1.165, 1.54) is 71.0 Å². The van der Waals surface area contributed by atoms with Crippen LogP contribution in [-0.2, 0) is 0 Å². The van der Waals surface area contributed by atoms with Crippen LogP contribution in [0.5, 0.6) is 0 Å². The van der Waals surface area contributed by atoms with E-state index in [0.29, 0.717) is 0 Å². The molecule has 4 heterocycles. The third kappa shape index (κ3) is 5.11. The van der Waals surface area contributed by atoms with E-state index < -0.39 is 0 Å². The fourth-order valence-corrected chi connectivity index (χ4v) is 10.5. The molecule has 4 aromatic heterocycles. The standard InChI is InChI=1S/C60H37N3O/c1-5-16-54-46(10-1)47-11-2-6-17-55(47)62(54)45-32-30-44(31-33-45)61(43-28-22-39(23-29-43)41-25-35-51-50-13-4-8-19-58(50)64-59(51)37-41)42-26-20-38(21-27-42)40-24-34-49-53-15-9-14-52-48-12-3-7-18-56(48)63(60(52)53)57(49)36-40/h1-37H. The van der Waals surface area contributed by atoms with Crippen molar-refractivity contribution in [2.45, 2.75) is 0 Å². The summed E-state index contributed by atoms with van der Waals surface area (Å²) in [5.41, 5.74) is 17.0. The van der Waals surface area contributed by atoms with Gasteiger partial charge in [-0.1, -0.05) is 133 Å². The molecule has 0 N–H and O–H groups in total. The Balaban J connectivity index is 0.871. The molecule has 0 fully saturated rings. The Morgan fingerprint density at radius 1 is 0.297 bits per heavy atom. The fourth-order valence-electron chi connectivity index (χ4n) is 10.5. The summed E-state index contributed by atoms with van der Waals surface area (Å²) in [6.45, 7) is 0. The average molecular weight is 816 g/mol. The van der Waals surface area contributed by atoms with Gasteiger partial charge in [0.1, 0.15) is 11.2 Å². The van der Waals surface area contributed by atoms with Gasteiger partial charge in [0, 0.05) is 65.8 Å². The predicted octanol–water partition coefficient (Wildman–Crippen LogP) is 16.6. The molecule has 14 aromatic rings. The molecular weight excluding hydrogens is 779 g/mol. The number of hydrogen-bond donors (Lipinski definition) is 0. The lowest BCUT2D eigenvalue weighted by atomic mass is 10.0. The lowest BCUT2D eigenvalue weighted by Gasteiger charge is -2.26. The normalized spacial score (nSPS) is 12.1. The van der Waals surface area contributed by atoms with Crippen molar-refractivity contribution >= 4 is 98.9 Å². The van der Waals surface area contributed by atoms with Crippen LogP contribution in [0.25, 0.3) is 110 Å². The first-order valence-electron chi connectivity index (χ1n) is 21.9. The Hall–Kier alpha value is -8.60. The number of fused-ring (bicyclic) bond motifs is 12. The second-order valence-electron chi connectivity index (χ2n) is 16.9. The minimum Gasteiger partial charge on any atom is -0.456 e. The van der Waals surface area contributed by atoms with Crippen molar-refractivity contribution in [3.05, 3.63) is 224 Å². The first-order chi connectivity index (χ1) is 31.7. The number of nitrogens with zero attached hydrogens (tertiary/aromatic N) is 3. The lowest BCUT2D eigenvalue weighted by molar-refractivity contribution is 0.669. The van der Waals surface area contributed by atoms with Crippen molar-refractivity contribution in [2.75, 3.05) is 4.90 Å². The number of hydrogen-bond acceptors (Lipinski definition) is 2. The Morgan fingerprint density at radius 3 is 1.36 bits per heavy atom. The second kappa shape index (κ2) is 13.4. The molecule has 0 atom stereocenters. The van der Waals surface area contributed by atoms with E-state index in [9.17, 15) is 0 Å². The van der Waals surface area contributed by atoms with Gasteiger partial charge in [0.25, 0.3) is 0 Å². The molecular formula is C60H37N3O. The van der Waals surface area contributed by atoms with Crippen LogP contribution < -0.4 is 4.90 Å². The molecule has 0 unspecified atom stereocenters. The SMILES string of the molecule is c1ccc2c(c1)oc1cc(-c3ccc(N(c4ccc(-c5ccc6c7cccc8c9ccccc9n(c6c5)c87)cc4)c4ccc(-n5c6ccccc6c6ccccc65)cc4)cc3)ccc12. The molecule has 0 aliphatic rings. The number of benzene rings is 10. The van der Waals surface area contributed by atoms with Crippen molar-refractivity contribution in [1.29, 1.82) is 0 Å². The molecule has 64 heavy (non-hydrogen) atoms. The summed E-state index contributed by atoms with van der Waals surface area (Å²) in [6.07, 6.45) is 0. The zero-order chi connectivity index (χ0) is 41.9. The maximum Gasteiger partial charge on any atom is 0.136 e. The third-order valence-electron chi connectivity index (χ3n) is 13.5. The zero-order valence-electron chi connectivity index (χ0n) is 34.6. The van der Waals surface area contributed by atoms with Gasteiger partial charge in [-0.3, -0.25) is 0 Å². The Kier molecular flexibility index (Phi) is 7.36. The van der Waals surface area contributed by atoms with E-state index in [2.05, 4.69) is 226 Å². The van der Waals surface area contributed by atoms with Crippen LogP contribution in [0.3, 0.4) is 0 Å². The van der Waals surface area contributed by atoms with Crippen LogP contribution >= 0.6 is 0 Å². The highest BCUT2D eigenvalue weighted by molar-refractivity contribution is 6.23. The van der Waals surface area contributed by atoms with Crippen LogP contribution in [0.1, 0.15) is 0 Å². The Morgan fingerprint density at radius 2 is 0.734 bits per heavy atom. The van der Waals surface area contributed by atoms with Crippen LogP contribution in [0.4, 0.5) is 17.1 Å². The van der Waals surface area contributed by atoms with Crippen molar-refractivity contribution in [3.63, 3.8) is 0 Å².